The smallest absolute Gasteiger partial charge is 0.259 e. The molecule has 1 fully saturated rings. The molecule has 0 saturated carbocycles. The van der Waals surface area contributed by atoms with Gasteiger partial charge in [0.1, 0.15) is 5.75 Å². The van der Waals surface area contributed by atoms with Gasteiger partial charge >= 0.3 is 0 Å². The molecule has 1 heterocycles. The molecule has 0 aromatic heterocycles. The van der Waals surface area contributed by atoms with Crippen LogP contribution in [0.4, 0.5) is 5.69 Å². The van der Waals surface area contributed by atoms with Gasteiger partial charge in [-0.2, -0.15) is 4.31 Å². The molecule has 1 N–H and O–H groups in total. The molecule has 9 heteroatoms. The summed E-state index contributed by atoms with van der Waals surface area (Å²) in [7, 11) is -2.30. The number of benzene rings is 2. The number of ether oxygens (including phenoxy) is 1. The van der Waals surface area contributed by atoms with Crippen LogP contribution in [0.3, 0.4) is 0 Å². The van der Waals surface area contributed by atoms with E-state index in [4.69, 9.17) is 27.9 Å². The maximum atomic E-state index is 13.0. The first kappa shape index (κ1) is 21.9. The van der Waals surface area contributed by atoms with Crippen molar-refractivity contribution < 1.29 is 17.9 Å². The lowest BCUT2D eigenvalue weighted by molar-refractivity contribution is 0.102. The number of nitrogens with zero attached hydrogens (tertiary/aromatic N) is 1. The number of hydrogen-bond donors (Lipinski definition) is 1. The SMILES string of the molecule is COc1ccc(S(=O)(=O)N2CCC(C)CC2)cc1C(=O)Nc1c(Cl)cccc1Cl. The van der Waals surface area contributed by atoms with Crippen LogP contribution in [-0.2, 0) is 10.0 Å². The molecule has 2 aromatic carbocycles. The molecular formula is C20H22Cl2N2O4S. The van der Waals surface area contributed by atoms with Gasteiger partial charge in [-0.3, -0.25) is 4.79 Å². The monoisotopic (exact) mass is 456 g/mol. The number of anilines is 1. The highest BCUT2D eigenvalue weighted by Gasteiger charge is 2.29. The number of carbonyl (C=O) groups is 1. The molecular weight excluding hydrogens is 435 g/mol. The van der Waals surface area contributed by atoms with Crippen molar-refractivity contribution in [3.63, 3.8) is 0 Å². The molecule has 1 aliphatic rings. The van der Waals surface area contributed by atoms with E-state index in [1.807, 2.05) is 0 Å². The van der Waals surface area contributed by atoms with Crippen molar-refractivity contribution in [3.8, 4) is 5.75 Å². The third-order valence-corrected chi connectivity index (χ3v) is 7.52. The average molecular weight is 457 g/mol. The average Bonchev–Trinajstić information content (AvgIpc) is 2.70. The lowest BCUT2D eigenvalue weighted by Gasteiger charge is -2.29. The highest BCUT2D eigenvalue weighted by molar-refractivity contribution is 7.89. The van der Waals surface area contributed by atoms with Crippen LogP contribution in [0.25, 0.3) is 0 Å². The Morgan fingerprint density at radius 1 is 1.14 bits per heavy atom. The standard InChI is InChI=1S/C20H22Cl2N2O4S/c1-13-8-10-24(11-9-13)29(26,27)14-6-7-18(28-2)15(12-14)20(25)23-19-16(21)4-3-5-17(19)22/h3-7,12-13H,8-11H2,1-2H3,(H,23,25). The molecule has 156 valence electrons. The molecule has 2 aromatic rings. The molecule has 29 heavy (non-hydrogen) atoms. The van der Waals surface area contributed by atoms with Crippen LogP contribution in [-0.4, -0.2) is 38.8 Å². The van der Waals surface area contributed by atoms with Crippen LogP contribution in [0.5, 0.6) is 5.75 Å². The lowest BCUT2D eigenvalue weighted by atomic mass is 10.0. The lowest BCUT2D eigenvalue weighted by Crippen LogP contribution is -2.37. The van der Waals surface area contributed by atoms with Crippen molar-refractivity contribution in [1.29, 1.82) is 0 Å². The minimum absolute atomic E-state index is 0.0447. The van der Waals surface area contributed by atoms with Crippen LogP contribution < -0.4 is 10.1 Å². The Balaban J connectivity index is 1.94. The maximum absolute atomic E-state index is 13.0. The molecule has 0 unspecified atom stereocenters. The second-order valence-corrected chi connectivity index (χ2v) is 9.75. The van der Waals surface area contributed by atoms with E-state index < -0.39 is 15.9 Å². The Morgan fingerprint density at radius 3 is 2.34 bits per heavy atom. The molecule has 0 aliphatic carbocycles. The summed E-state index contributed by atoms with van der Waals surface area (Å²) in [5, 5.41) is 3.19. The summed E-state index contributed by atoms with van der Waals surface area (Å²) in [4.78, 5) is 12.9. The third-order valence-electron chi connectivity index (χ3n) is 5.00. The number of carbonyl (C=O) groups excluding carboxylic acids is 1. The minimum Gasteiger partial charge on any atom is -0.496 e. The molecule has 1 aliphatic heterocycles. The van der Waals surface area contributed by atoms with Gasteiger partial charge in [-0.15, -0.1) is 0 Å². The number of sulfonamides is 1. The van der Waals surface area contributed by atoms with Crippen molar-refractivity contribution in [1.82, 2.24) is 4.31 Å². The van der Waals surface area contributed by atoms with Crippen LogP contribution in [0.1, 0.15) is 30.1 Å². The van der Waals surface area contributed by atoms with Gasteiger partial charge in [-0.05, 0) is 49.1 Å². The highest BCUT2D eigenvalue weighted by atomic mass is 35.5. The predicted octanol–water partition coefficient (Wildman–Crippen LogP) is 4.67. The van der Waals surface area contributed by atoms with E-state index in [0.717, 1.165) is 12.8 Å². The Bertz CT molecular complexity index is 999. The van der Waals surface area contributed by atoms with E-state index in [9.17, 15) is 13.2 Å². The third kappa shape index (κ3) is 4.69. The Morgan fingerprint density at radius 2 is 1.76 bits per heavy atom. The van der Waals surface area contributed by atoms with Gasteiger partial charge in [0.15, 0.2) is 0 Å². The topological polar surface area (TPSA) is 75.7 Å². The van der Waals surface area contributed by atoms with Gasteiger partial charge in [0.2, 0.25) is 10.0 Å². The van der Waals surface area contributed by atoms with Gasteiger partial charge in [-0.25, -0.2) is 8.42 Å². The number of halogens is 2. The van der Waals surface area contributed by atoms with E-state index >= 15 is 0 Å². The summed E-state index contributed by atoms with van der Waals surface area (Å²) in [6, 6.07) is 9.10. The van der Waals surface area contributed by atoms with Gasteiger partial charge in [0, 0.05) is 13.1 Å². The van der Waals surface area contributed by atoms with Gasteiger partial charge in [0.05, 0.1) is 33.3 Å². The fourth-order valence-corrected chi connectivity index (χ4v) is 5.19. The highest BCUT2D eigenvalue weighted by Crippen LogP contribution is 2.32. The molecule has 1 saturated heterocycles. The van der Waals surface area contributed by atoms with Crippen molar-refractivity contribution in [3.05, 3.63) is 52.0 Å². The molecule has 0 spiro atoms. The normalized spacial score (nSPS) is 15.9. The Labute approximate surface area is 180 Å². The van der Waals surface area contributed by atoms with Crippen LogP contribution in [0.15, 0.2) is 41.3 Å². The summed E-state index contributed by atoms with van der Waals surface area (Å²) >= 11 is 12.2. The molecule has 0 bridgehead atoms. The van der Waals surface area contributed by atoms with Gasteiger partial charge in [0.25, 0.3) is 5.91 Å². The van der Waals surface area contributed by atoms with E-state index in [2.05, 4.69) is 12.2 Å². The van der Waals surface area contributed by atoms with E-state index in [0.29, 0.717) is 19.0 Å². The number of para-hydroxylation sites is 1. The van der Waals surface area contributed by atoms with E-state index in [1.165, 1.54) is 29.6 Å². The molecule has 1 amide bonds. The zero-order valence-corrected chi connectivity index (χ0v) is 18.4. The second kappa shape index (κ2) is 8.92. The number of hydrogen-bond acceptors (Lipinski definition) is 4. The van der Waals surface area contributed by atoms with Crippen LogP contribution in [0.2, 0.25) is 10.0 Å². The van der Waals surface area contributed by atoms with E-state index in [1.54, 1.807) is 18.2 Å². The Hall–Kier alpha value is -1.80. The summed E-state index contributed by atoms with van der Waals surface area (Å²) < 4.78 is 32.8. The molecule has 3 rings (SSSR count). The van der Waals surface area contributed by atoms with Crippen molar-refractivity contribution in [2.45, 2.75) is 24.7 Å². The summed E-state index contributed by atoms with van der Waals surface area (Å²) in [5.74, 6) is 0.178. The van der Waals surface area contributed by atoms with Crippen LogP contribution in [0, 0.1) is 5.92 Å². The van der Waals surface area contributed by atoms with Crippen molar-refractivity contribution in [2.75, 3.05) is 25.5 Å². The number of nitrogens with one attached hydrogen (secondary N) is 1. The zero-order chi connectivity index (χ0) is 21.2. The van der Waals surface area contributed by atoms with E-state index in [-0.39, 0.29) is 31.9 Å². The van der Waals surface area contributed by atoms with Crippen molar-refractivity contribution >= 4 is 44.8 Å². The first-order chi connectivity index (χ1) is 13.7. The zero-order valence-electron chi connectivity index (χ0n) is 16.1. The van der Waals surface area contributed by atoms with Crippen LogP contribution >= 0.6 is 23.2 Å². The number of amides is 1. The Kier molecular flexibility index (Phi) is 6.73. The molecule has 0 atom stereocenters. The number of piperidine rings is 1. The fourth-order valence-electron chi connectivity index (χ4n) is 3.20. The van der Waals surface area contributed by atoms with Crippen molar-refractivity contribution in [2.24, 2.45) is 5.92 Å². The minimum atomic E-state index is -3.71. The van der Waals surface area contributed by atoms with Gasteiger partial charge in [-0.1, -0.05) is 36.2 Å². The second-order valence-electron chi connectivity index (χ2n) is 7.00. The predicted molar refractivity (Wildman–Crippen MR) is 115 cm³/mol. The number of methoxy groups -OCH3 is 1. The summed E-state index contributed by atoms with van der Waals surface area (Å²) in [6.45, 7) is 3.04. The first-order valence-electron chi connectivity index (χ1n) is 9.17. The maximum Gasteiger partial charge on any atom is 0.259 e. The quantitative estimate of drug-likeness (QED) is 0.708. The number of rotatable bonds is 5. The largest absolute Gasteiger partial charge is 0.496 e. The van der Waals surface area contributed by atoms with Gasteiger partial charge < -0.3 is 10.1 Å². The molecule has 6 nitrogen and oxygen atoms in total. The summed E-state index contributed by atoms with van der Waals surface area (Å²) in [5.41, 5.74) is 0.330. The fraction of sp³-hybridized carbons (Fsp3) is 0.350. The first-order valence-corrected chi connectivity index (χ1v) is 11.4. The molecule has 0 radical (unpaired) electrons. The summed E-state index contributed by atoms with van der Waals surface area (Å²) in [6.07, 6.45) is 1.63.